The molecule has 1 aromatic heterocycles. The lowest BCUT2D eigenvalue weighted by Crippen LogP contribution is -2.27. The number of anilines is 1. The molecule has 1 N–H and O–H groups in total. The van der Waals surface area contributed by atoms with Crippen LogP contribution in [0.2, 0.25) is 0 Å². The van der Waals surface area contributed by atoms with E-state index in [0.29, 0.717) is 31.9 Å². The maximum absolute atomic E-state index is 12.5. The molecule has 0 spiro atoms. The van der Waals surface area contributed by atoms with E-state index >= 15 is 0 Å². The molecule has 10 heteroatoms. The molecule has 9 nitrogen and oxygen atoms in total. The molecule has 0 unspecified atom stereocenters. The van der Waals surface area contributed by atoms with Gasteiger partial charge in [0.25, 0.3) is 15.9 Å². The number of nitrogens with zero attached hydrogens (tertiary/aromatic N) is 2. The Morgan fingerprint density at radius 3 is 2.62 bits per heavy atom. The zero-order valence-corrected chi connectivity index (χ0v) is 16.5. The van der Waals surface area contributed by atoms with Crippen molar-refractivity contribution in [3.8, 4) is 0 Å². The Bertz CT molecular complexity index is 1030. The van der Waals surface area contributed by atoms with Crippen LogP contribution < -0.4 is 10.2 Å². The second-order valence-electron chi connectivity index (χ2n) is 6.85. The lowest BCUT2D eigenvalue weighted by Gasteiger charge is -2.14. The van der Waals surface area contributed by atoms with Crippen LogP contribution in [0.3, 0.4) is 0 Å². The summed E-state index contributed by atoms with van der Waals surface area (Å²) in [6.45, 7) is 1.96. The van der Waals surface area contributed by atoms with Crippen LogP contribution in [-0.2, 0) is 21.3 Å². The molecule has 2 aromatic rings. The van der Waals surface area contributed by atoms with E-state index in [4.69, 9.17) is 9.15 Å². The van der Waals surface area contributed by atoms with Crippen molar-refractivity contribution in [3.63, 3.8) is 0 Å². The summed E-state index contributed by atoms with van der Waals surface area (Å²) in [6.07, 6.45) is 1.25. The number of carbonyl (C=O) groups excluding carboxylic acids is 2. The van der Waals surface area contributed by atoms with Gasteiger partial charge in [-0.05, 0) is 42.7 Å². The summed E-state index contributed by atoms with van der Waals surface area (Å²) in [6, 6.07) is 9.85. The Kier molecular flexibility index (Phi) is 5.29. The van der Waals surface area contributed by atoms with Crippen molar-refractivity contribution < 1.29 is 27.2 Å². The fourth-order valence-electron chi connectivity index (χ4n) is 3.37. The van der Waals surface area contributed by atoms with Crippen LogP contribution in [0, 0.1) is 0 Å². The number of ether oxygens (including phenoxy) is 1. The monoisotopic (exact) mass is 419 g/mol. The fraction of sp³-hybridized carbons (Fsp3) is 0.368. The van der Waals surface area contributed by atoms with Crippen molar-refractivity contribution in [3.05, 3.63) is 47.7 Å². The Balaban J connectivity index is 1.40. The lowest BCUT2D eigenvalue weighted by molar-refractivity contribution is 0.0917. The summed E-state index contributed by atoms with van der Waals surface area (Å²) in [5.74, 6) is -0.582. The molecule has 0 atom stereocenters. The van der Waals surface area contributed by atoms with Gasteiger partial charge in [-0.15, -0.1) is 0 Å². The topological polar surface area (TPSA) is 109 Å². The van der Waals surface area contributed by atoms with E-state index in [1.165, 1.54) is 21.3 Å². The molecule has 0 radical (unpaired) electrons. The molecule has 154 valence electrons. The van der Waals surface area contributed by atoms with Crippen molar-refractivity contribution in [2.45, 2.75) is 24.5 Å². The minimum Gasteiger partial charge on any atom is -0.447 e. The number of sulfonamides is 1. The summed E-state index contributed by atoms with van der Waals surface area (Å²) < 4.78 is 36.6. The fourth-order valence-corrected chi connectivity index (χ4v) is 4.80. The molecule has 2 fully saturated rings. The van der Waals surface area contributed by atoms with E-state index < -0.39 is 22.0 Å². The molecule has 1 aromatic carbocycles. The predicted molar refractivity (Wildman–Crippen MR) is 103 cm³/mol. The van der Waals surface area contributed by atoms with Crippen molar-refractivity contribution in [2.24, 2.45) is 0 Å². The molecule has 0 saturated carbocycles. The van der Waals surface area contributed by atoms with Crippen LogP contribution in [0.15, 0.2) is 45.9 Å². The highest BCUT2D eigenvalue weighted by Crippen LogP contribution is 2.23. The second-order valence-corrected chi connectivity index (χ2v) is 8.72. The summed E-state index contributed by atoms with van der Waals surface area (Å²) >= 11 is 0. The van der Waals surface area contributed by atoms with Crippen molar-refractivity contribution in [1.82, 2.24) is 9.62 Å². The van der Waals surface area contributed by atoms with Gasteiger partial charge in [0, 0.05) is 25.3 Å². The smallest absolute Gasteiger partial charge is 0.414 e. The maximum Gasteiger partial charge on any atom is 0.414 e. The lowest BCUT2D eigenvalue weighted by atomic mass is 10.2. The zero-order valence-electron chi connectivity index (χ0n) is 15.7. The average molecular weight is 419 g/mol. The highest BCUT2D eigenvalue weighted by atomic mass is 32.2. The predicted octanol–water partition coefficient (Wildman–Crippen LogP) is 1.95. The minimum absolute atomic E-state index is 0.0675. The number of amides is 2. The third-order valence-electron chi connectivity index (χ3n) is 4.90. The Morgan fingerprint density at radius 2 is 1.90 bits per heavy atom. The summed E-state index contributed by atoms with van der Waals surface area (Å²) in [7, 11) is -3.70. The second kappa shape index (κ2) is 7.88. The van der Waals surface area contributed by atoms with Gasteiger partial charge in [-0.2, -0.15) is 4.31 Å². The zero-order chi connectivity index (χ0) is 20.4. The van der Waals surface area contributed by atoms with E-state index in [9.17, 15) is 18.0 Å². The Morgan fingerprint density at radius 1 is 1.10 bits per heavy atom. The van der Waals surface area contributed by atoms with Gasteiger partial charge in [-0.1, -0.05) is 12.1 Å². The maximum atomic E-state index is 12.5. The standard InChI is InChI=1S/C19H21N3O6S/c23-18(16-6-7-17(28-16)29(25,26)21-8-1-2-9-21)20-13-14-4-3-5-15(12-14)22-10-11-27-19(22)24/h3-7,12H,1-2,8-11,13H2,(H,20,23). The summed E-state index contributed by atoms with van der Waals surface area (Å²) in [4.78, 5) is 25.6. The van der Waals surface area contributed by atoms with Crippen LogP contribution in [-0.4, -0.2) is 51.0 Å². The Labute approximate surface area is 168 Å². The van der Waals surface area contributed by atoms with Gasteiger partial charge in [0.1, 0.15) is 6.61 Å². The molecule has 2 aliphatic heterocycles. The van der Waals surface area contributed by atoms with Gasteiger partial charge >= 0.3 is 6.09 Å². The number of nitrogens with one attached hydrogen (secondary N) is 1. The van der Waals surface area contributed by atoms with E-state index in [1.54, 1.807) is 18.2 Å². The third-order valence-corrected chi connectivity index (χ3v) is 6.67. The largest absolute Gasteiger partial charge is 0.447 e. The average Bonchev–Trinajstić information content (AvgIpc) is 3.47. The van der Waals surface area contributed by atoms with Gasteiger partial charge in [-0.3, -0.25) is 9.69 Å². The number of hydrogen-bond donors (Lipinski definition) is 1. The first-order chi connectivity index (χ1) is 13.9. The molecule has 0 bridgehead atoms. The van der Waals surface area contributed by atoms with Crippen molar-refractivity contribution in [2.75, 3.05) is 31.1 Å². The molecular formula is C19H21N3O6S. The van der Waals surface area contributed by atoms with Gasteiger partial charge in [0.15, 0.2) is 5.76 Å². The van der Waals surface area contributed by atoms with Gasteiger partial charge < -0.3 is 14.5 Å². The molecule has 2 saturated heterocycles. The first-order valence-corrected chi connectivity index (χ1v) is 10.8. The Hall–Kier alpha value is -2.85. The van der Waals surface area contributed by atoms with E-state index in [-0.39, 0.29) is 17.4 Å². The highest BCUT2D eigenvalue weighted by Gasteiger charge is 2.30. The molecule has 0 aliphatic carbocycles. The normalized spacial score (nSPS) is 17.5. The van der Waals surface area contributed by atoms with Crippen LogP contribution in [0.25, 0.3) is 0 Å². The number of carbonyl (C=O) groups is 2. The quantitative estimate of drug-likeness (QED) is 0.767. The molecule has 2 amide bonds. The number of furan rings is 1. The van der Waals surface area contributed by atoms with Gasteiger partial charge in [0.05, 0.1) is 6.54 Å². The van der Waals surface area contributed by atoms with Gasteiger partial charge in [-0.25, -0.2) is 13.2 Å². The summed E-state index contributed by atoms with van der Waals surface area (Å²) in [5, 5.41) is 2.48. The first kappa shape index (κ1) is 19.5. The molecule has 3 heterocycles. The van der Waals surface area contributed by atoms with Crippen molar-refractivity contribution in [1.29, 1.82) is 0 Å². The number of rotatable bonds is 6. The van der Waals surface area contributed by atoms with Crippen molar-refractivity contribution >= 4 is 27.7 Å². The molecule has 2 aliphatic rings. The number of benzene rings is 1. The van der Waals surface area contributed by atoms with E-state index in [0.717, 1.165) is 18.4 Å². The SMILES string of the molecule is O=C(NCc1cccc(N2CCOC2=O)c1)c1ccc(S(=O)(=O)N2CCCC2)o1. The summed E-state index contributed by atoms with van der Waals surface area (Å²) in [5.41, 5.74) is 1.48. The van der Waals surface area contributed by atoms with Crippen LogP contribution in [0.4, 0.5) is 10.5 Å². The first-order valence-electron chi connectivity index (χ1n) is 9.36. The van der Waals surface area contributed by atoms with Crippen LogP contribution >= 0.6 is 0 Å². The third kappa shape index (κ3) is 3.99. The number of hydrogen-bond acceptors (Lipinski definition) is 6. The van der Waals surface area contributed by atoms with Gasteiger partial charge in [0.2, 0.25) is 5.09 Å². The van der Waals surface area contributed by atoms with Crippen LogP contribution in [0.5, 0.6) is 0 Å². The molecule has 4 rings (SSSR count). The highest BCUT2D eigenvalue weighted by molar-refractivity contribution is 7.89. The number of cyclic esters (lactones) is 1. The van der Waals surface area contributed by atoms with Crippen LogP contribution in [0.1, 0.15) is 29.0 Å². The molecule has 29 heavy (non-hydrogen) atoms. The molecular weight excluding hydrogens is 398 g/mol. The van der Waals surface area contributed by atoms with E-state index in [2.05, 4.69) is 5.32 Å². The van der Waals surface area contributed by atoms with E-state index in [1.807, 2.05) is 6.07 Å². The minimum atomic E-state index is -3.70.